The summed E-state index contributed by atoms with van der Waals surface area (Å²) in [5, 5.41) is 6.59. The maximum atomic E-state index is 11.6. The van der Waals surface area contributed by atoms with Crippen LogP contribution in [0, 0.1) is 0 Å². The Hall–Kier alpha value is -2.32. The predicted octanol–water partition coefficient (Wildman–Crippen LogP) is 0.975. The van der Waals surface area contributed by atoms with Crippen molar-refractivity contribution in [2.75, 3.05) is 52.4 Å². The second-order valence-corrected chi connectivity index (χ2v) is 7.27. The summed E-state index contributed by atoms with van der Waals surface area (Å²) in [6.45, 7) is 8.13. The first-order valence-corrected chi connectivity index (χ1v) is 10.0. The van der Waals surface area contributed by atoms with Crippen LogP contribution in [0.2, 0.25) is 5.02 Å². The molecule has 0 radical (unpaired) electrons. The predicted molar refractivity (Wildman–Crippen MR) is 109 cm³/mol. The van der Waals surface area contributed by atoms with Crippen molar-refractivity contribution in [2.45, 2.75) is 13.5 Å². The van der Waals surface area contributed by atoms with Crippen molar-refractivity contribution in [3.63, 3.8) is 0 Å². The van der Waals surface area contributed by atoms with E-state index in [2.05, 4.69) is 37.6 Å². The molecular weight excluding hydrogens is 380 g/mol. The Morgan fingerprint density at radius 1 is 1.18 bits per heavy atom. The minimum absolute atomic E-state index is 0.0815. The normalized spacial score (nSPS) is 18.6. The summed E-state index contributed by atoms with van der Waals surface area (Å²) in [6.07, 6.45) is 0. The Morgan fingerprint density at radius 2 is 1.89 bits per heavy atom. The molecule has 2 fully saturated rings. The van der Waals surface area contributed by atoms with Crippen molar-refractivity contribution in [2.24, 2.45) is 4.99 Å². The number of rotatable bonds is 6. The summed E-state index contributed by atoms with van der Waals surface area (Å²) in [4.78, 5) is 33.7. The molecule has 2 N–H and O–H groups in total. The van der Waals surface area contributed by atoms with Crippen molar-refractivity contribution in [1.29, 1.82) is 0 Å². The molecule has 9 heteroatoms. The Morgan fingerprint density at radius 3 is 2.50 bits per heavy atom. The fourth-order valence-corrected chi connectivity index (χ4v) is 3.46. The van der Waals surface area contributed by atoms with Gasteiger partial charge in [0.2, 0.25) is 5.91 Å². The zero-order valence-corrected chi connectivity index (χ0v) is 16.9. The fraction of sp³-hybridized carbons (Fsp3) is 0.526. The van der Waals surface area contributed by atoms with Crippen LogP contribution in [0.3, 0.4) is 0 Å². The highest BCUT2D eigenvalue weighted by molar-refractivity contribution is 6.30. The molecule has 0 bridgehead atoms. The number of benzene rings is 1. The molecule has 2 heterocycles. The molecule has 28 heavy (non-hydrogen) atoms. The number of hydrogen-bond acceptors (Lipinski definition) is 4. The molecular formula is C19H27ClN6O2. The smallest absolute Gasteiger partial charge is 0.324 e. The number of nitrogens with zero attached hydrogens (tertiary/aromatic N) is 4. The highest BCUT2D eigenvalue weighted by Crippen LogP contribution is 2.13. The summed E-state index contributed by atoms with van der Waals surface area (Å²) in [6, 6.07) is 7.65. The van der Waals surface area contributed by atoms with E-state index < -0.39 is 0 Å². The topological polar surface area (TPSA) is 80.3 Å². The molecule has 0 spiro atoms. The maximum absolute atomic E-state index is 11.6. The quantitative estimate of drug-likeness (QED) is 0.418. The molecule has 3 amide bonds. The molecule has 0 atom stereocenters. The van der Waals surface area contributed by atoms with Crippen LogP contribution in [0.4, 0.5) is 4.79 Å². The minimum Gasteiger partial charge on any atom is -0.357 e. The SMILES string of the molecule is CCNC(=NCCN1C(=O)CNC1=O)N1CCN(Cc2ccc(Cl)cc2)CC1. The number of carbonyl (C=O) groups excluding carboxylic acids is 2. The van der Waals surface area contributed by atoms with Crippen LogP contribution in [0.15, 0.2) is 29.3 Å². The molecule has 3 rings (SSSR count). The first-order chi connectivity index (χ1) is 13.6. The zero-order valence-electron chi connectivity index (χ0n) is 16.2. The van der Waals surface area contributed by atoms with Crippen LogP contribution < -0.4 is 10.6 Å². The molecule has 152 valence electrons. The highest BCUT2D eigenvalue weighted by atomic mass is 35.5. The van der Waals surface area contributed by atoms with Gasteiger partial charge in [-0.3, -0.25) is 19.6 Å². The van der Waals surface area contributed by atoms with Crippen molar-refractivity contribution >= 4 is 29.5 Å². The molecule has 0 aromatic heterocycles. The number of halogens is 1. The lowest BCUT2D eigenvalue weighted by Gasteiger charge is -2.36. The van der Waals surface area contributed by atoms with Crippen molar-refractivity contribution < 1.29 is 9.59 Å². The third-order valence-corrected chi connectivity index (χ3v) is 5.10. The van der Waals surface area contributed by atoms with E-state index in [9.17, 15) is 9.59 Å². The average Bonchev–Trinajstić information content (AvgIpc) is 3.02. The van der Waals surface area contributed by atoms with Crippen molar-refractivity contribution in [3.05, 3.63) is 34.9 Å². The Kier molecular flexibility index (Phi) is 7.11. The van der Waals surface area contributed by atoms with E-state index in [1.54, 1.807) is 0 Å². The van der Waals surface area contributed by atoms with E-state index >= 15 is 0 Å². The van der Waals surface area contributed by atoms with Gasteiger partial charge >= 0.3 is 6.03 Å². The number of urea groups is 1. The van der Waals surface area contributed by atoms with E-state index in [0.29, 0.717) is 13.1 Å². The van der Waals surface area contributed by atoms with E-state index in [1.807, 2.05) is 19.1 Å². The number of guanidine groups is 1. The number of nitrogens with one attached hydrogen (secondary N) is 2. The summed E-state index contributed by atoms with van der Waals surface area (Å²) in [5.41, 5.74) is 1.26. The van der Waals surface area contributed by atoms with Crippen molar-refractivity contribution in [3.8, 4) is 0 Å². The fourth-order valence-electron chi connectivity index (χ4n) is 3.33. The van der Waals surface area contributed by atoms with Gasteiger partial charge in [-0.05, 0) is 24.6 Å². The molecule has 2 aliphatic rings. The number of aliphatic imine (C=N–C) groups is 1. The van der Waals surface area contributed by atoms with Gasteiger partial charge < -0.3 is 15.5 Å². The lowest BCUT2D eigenvalue weighted by molar-refractivity contribution is -0.124. The molecule has 2 aliphatic heterocycles. The summed E-state index contributed by atoms with van der Waals surface area (Å²) >= 11 is 5.95. The van der Waals surface area contributed by atoms with Crippen LogP contribution in [-0.4, -0.2) is 85.0 Å². The number of carbonyl (C=O) groups is 2. The van der Waals surface area contributed by atoms with Crippen LogP contribution in [-0.2, 0) is 11.3 Å². The van der Waals surface area contributed by atoms with E-state index in [0.717, 1.165) is 50.3 Å². The molecule has 1 aromatic carbocycles. The molecule has 1 aromatic rings. The minimum atomic E-state index is -0.332. The van der Waals surface area contributed by atoms with Gasteiger partial charge in [0.25, 0.3) is 0 Å². The van der Waals surface area contributed by atoms with Gasteiger partial charge in [0.1, 0.15) is 0 Å². The van der Waals surface area contributed by atoms with Crippen LogP contribution in [0.1, 0.15) is 12.5 Å². The van der Waals surface area contributed by atoms with Crippen LogP contribution in [0.5, 0.6) is 0 Å². The third-order valence-electron chi connectivity index (χ3n) is 4.85. The van der Waals surface area contributed by atoms with Gasteiger partial charge in [-0.2, -0.15) is 0 Å². The largest absolute Gasteiger partial charge is 0.357 e. The van der Waals surface area contributed by atoms with Gasteiger partial charge in [0.05, 0.1) is 19.6 Å². The number of piperazine rings is 1. The van der Waals surface area contributed by atoms with E-state index in [-0.39, 0.29) is 18.5 Å². The number of hydrogen-bond donors (Lipinski definition) is 2. The average molecular weight is 407 g/mol. The van der Waals surface area contributed by atoms with E-state index in [1.165, 1.54) is 10.5 Å². The summed E-state index contributed by atoms with van der Waals surface area (Å²) in [5.74, 6) is 0.640. The third kappa shape index (κ3) is 5.36. The molecule has 2 saturated heterocycles. The lowest BCUT2D eigenvalue weighted by Crippen LogP contribution is -2.52. The molecule has 0 unspecified atom stereocenters. The van der Waals surface area contributed by atoms with Gasteiger partial charge in [-0.15, -0.1) is 0 Å². The zero-order chi connectivity index (χ0) is 19.9. The first kappa shape index (κ1) is 20.4. The van der Waals surface area contributed by atoms with Crippen LogP contribution in [0.25, 0.3) is 0 Å². The van der Waals surface area contributed by atoms with Crippen LogP contribution >= 0.6 is 11.6 Å². The van der Waals surface area contributed by atoms with Gasteiger partial charge in [-0.1, -0.05) is 23.7 Å². The second kappa shape index (κ2) is 9.75. The standard InChI is InChI=1S/C19H27ClN6O2/c1-2-21-18(22-7-8-26-17(27)13-23-19(26)28)25-11-9-24(10-12-25)14-15-3-5-16(20)6-4-15/h3-6H,2,7-14H2,1H3,(H,21,22)(H,23,28). The molecule has 0 saturated carbocycles. The highest BCUT2D eigenvalue weighted by Gasteiger charge is 2.27. The van der Waals surface area contributed by atoms with Gasteiger partial charge in [0.15, 0.2) is 5.96 Å². The number of amides is 3. The Balaban J connectivity index is 1.50. The summed E-state index contributed by atoms with van der Waals surface area (Å²) in [7, 11) is 0. The molecule has 0 aliphatic carbocycles. The molecule has 8 nitrogen and oxygen atoms in total. The monoisotopic (exact) mass is 406 g/mol. The Labute approximate surface area is 170 Å². The van der Waals surface area contributed by atoms with Gasteiger partial charge in [0, 0.05) is 44.3 Å². The summed E-state index contributed by atoms with van der Waals surface area (Å²) < 4.78 is 0. The Bertz CT molecular complexity index is 700. The van der Waals surface area contributed by atoms with E-state index in [4.69, 9.17) is 11.6 Å². The number of imide groups is 1. The van der Waals surface area contributed by atoms with Crippen molar-refractivity contribution in [1.82, 2.24) is 25.3 Å². The van der Waals surface area contributed by atoms with Gasteiger partial charge in [-0.25, -0.2) is 4.79 Å². The lowest BCUT2D eigenvalue weighted by atomic mass is 10.2. The second-order valence-electron chi connectivity index (χ2n) is 6.83. The first-order valence-electron chi connectivity index (χ1n) is 9.65. The maximum Gasteiger partial charge on any atom is 0.324 e.